The van der Waals surface area contributed by atoms with Gasteiger partial charge in [0.1, 0.15) is 23.4 Å². The van der Waals surface area contributed by atoms with Crippen LogP contribution in [0.15, 0.2) is 66.2 Å². The molecule has 0 amide bonds. The molecule has 0 radical (unpaired) electrons. The first-order valence-electron chi connectivity index (χ1n) is 15.2. The molecule has 2 aliphatic carbocycles. The van der Waals surface area contributed by atoms with E-state index in [0.717, 1.165) is 43.1 Å². The molecule has 11 nitrogen and oxygen atoms in total. The Morgan fingerprint density at radius 1 is 0.957 bits per heavy atom. The normalized spacial score (nSPS) is 15.0. The number of rotatable bonds is 8. The van der Waals surface area contributed by atoms with Crippen molar-refractivity contribution in [3.63, 3.8) is 0 Å². The molecule has 0 saturated heterocycles. The second kappa shape index (κ2) is 10.9. The Labute approximate surface area is 265 Å². The van der Waals surface area contributed by atoms with Crippen LogP contribution in [0.3, 0.4) is 0 Å². The van der Waals surface area contributed by atoms with Gasteiger partial charge >= 0.3 is 6.18 Å². The molecule has 14 heteroatoms. The summed E-state index contributed by atoms with van der Waals surface area (Å²) in [6.07, 6.45) is 6.71. The quantitative estimate of drug-likeness (QED) is 0.205. The zero-order chi connectivity index (χ0) is 32.4. The first kappa shape index (κ1) is 29.0. The molecule has 2 aliphatic rings. The number of pyridine rings is 1. The first-order valence-corrected chi connectivity index (χ1v) is 15.2. The zero-order valence-corrected chi connectivity index (χ0v) is 25.4. The van der Waals surface area contributed by atoms with Gasteiger partial charge in [-0.3, -0.25) is 14.0 Å². The van der Waals surface area contributed by atoms with Crippen molar-refractivity contribution in [3.05, 3.63) is 88.8 Å². The maximum atomic E-state index is 14.2. The van der Waals surface area contributed by atoms with Crippen LogP contribution in [0.1, 0.15) is 54.6 Å². The summed E-state index contributed by atoms with van der Waals surface area (Å²) in [5.41, 5.74) is 3.02. The number of nitrogens with zero attached hydrogens (tertiary/aromatic N) is 9. The average molecular weight is 640 g/mol. The van der Waals surface area contributed by atoms with Gasteiger partial charge in [-0.2, -0.15) is 18.3 Å². The molecule has 5 heterocycles. The summed E-state index contributed by atoms with van der Waals surface area (Å²) >= 11 is 0. The van der Waals surface area contributed by atoms with Crippen molar-refractivity contribution < 1.29 is 17.9 Å². The van der Waals surface area contributed by atoms with E-state index in [1.54, 1.807) is 69.8 Å². The molecule has 5 aromatic heterocycles. The van der Waals surface area contributed by atoms with Gasteiger partial charge in [0.15, 0.2) is 11.5 Å². The molecular weight excluding hydrogens is 611 g/mol. The molecule has 0 aliphatic heterocycles. The third kappa shape index (κ3) is 5.32. The van der Waals surface area contributed by atoms with Crippen LogP contribution in [0.25, 0.3) is 44.9 Å². The van der Waals surface area contributed by atoms with Crippen LogP contribution in [-0.4, -0.2) is 50.9 Å². The topological polar surface area (TPSA) is 118 Å². The number of aromatic nitrogens is 9. The molecule has 0 N–H and O–H groups in total. The maximum Gasteiger partial charge on any atom is 0.434 e. The summed E-state index contributed by atoms with van der Waals surface area (Å²) in [6, 6.07) is 8.84. The highest BCUT2D eigenvalue weighted by Gasteiger charge is 2.37. The second-order valence-electron chi connectivity index (χ2n) is 12.0. The lowest BCUT2D eigenvalue weighted by atomic mass is 10.1. The Kier molecular flexibility index (Phi) is 6.70. The Bertz CT molecular complexity index is 2210. The standard InChI is InChI=1S/C33H28F3N9O2/c1-43-15-22(13-40-43)24-11-21-12-37-28(26-27(19-7-8-19)38-17-39-31(26)47-2)42-30(21)45(32(24)46)14-18-3-5-20(6-4-18)29-41-25(33(34,35)36)16-44(29)23-9-10-23/h3-6,11-13,15-17,19,23H,7-10,14H2,1-2H3. The number of hydrogen-bond acceptors (Lipinski definition) is 8. The highest BCUT2D eigenvalue weighted by atomic mass is 19.4. The maximum absolute atomic E-state index is 14.2. The summed E-state index contributed by atoms with van der Waals surface area (Å²) in [7, 11) is 3.31. The molecule has 1 aromatic carbocycles. The van der Waals surface area contributed by atoms with Crippen LogP contribution in [0.5, 0.6) is 5.88 Å². The zero-order valence-electron chi connectivity index (χ0n) is 25.4. The fourth-order valence-electron chi connectivity index (χ4n) is 5.92. The minimum absolute atomic E-state index is 0.0105. The van der Waals surface area contributed by atoms with Crippen molar-refractivity contribution in [1.29, 1.82) is 0 Å². The third-order valence-corrected chi connectivity index (χ3v) is 8.58. The van der Waals surface area contributed by atoms with E-state index in [2.05, 4.69) is 25.0 Å². The second-order valence-corrected chi connectivity index (χ2v) is 12.0. The van der Waals surface area contributed by atoms with Gasteiger partial charge in [0.2, 0.25) is 5.88 Å². The van der Waals surface area contributed by atoms with Gasteiger partial charge in [-0.15, -0.1) is 0 Å². The number of imidazole rings is 1. The van der Waals surface area contributed by atoms with E-state index < -0.39 is 11.9 Å². The molecule has 2 saturated carbocycles. The summed E-state index contributed by atoms with van der Waals surface area (Å²) < 4.78 is 50.9. The van der Waals surface area contributed by atoms with Crippen LogP contribution in [0.2, 0.25) is 0 Å². The van der Waals surface area contributed by atoms with Crippen LogP contribution in [0.4, 0.5) is 13.2 Å². The number of alkyl halides is 3. The van der Waals surface area contributed by atoms with Crippen LogP contribution in [-0.2, 0) is 19.8 Å². The predicted molar refractivity (Wildman–Crippen MR) is 166 cm³/mol. The molecule has 0 atom stereocenters. The fraction of sp³-hybridized carbons (Fsp3) is 0.303. The molecule has 2 fully saturated rings. The van der Waals surface area contributed by atoms with Crippen molar-refractivity contribution in [2.75, 3.05) is 7.11 Å². The van der Waals surface area contributed by atoms with Crippen molar-refractivity contribution >= 4 is 11.0 Å². The van der Waals surface area contributed by atoms with Crippen LogP contribution < -0.4 is 10.3 Å². The van der Waals surface area contributed by atoms with E-state index in [-0.39, 0.29) is 29.9 Å². The molecule has 8 rings (SSSR count). The Balaban J connectivity index is 1.24. The molecule has 238 valence electrons. The molecule has 0 unspecified atom stereocenters. The van der Waals surface area contributed by atoms with E-state index >= 15 is 0 Å². The molecule has 0 bridgehead atoms. The highest BCUT2D eigenvalue weighted by Crippen LogP contribution is 2.45. The minimum atomic E-state index is -4.54. The summed E-state index contributed by atoms with van der Waals surface area (Å²) in [5.74, 6) is 1.24. The van der Waals surface area contributed by atoms with E-state index in [0.29, 0.717) is 45.0 Å². The minimum Gasteiger partial charge on any atom is -0.480 e. The number of hydrogen-bond donors (Lipinski definition) is 0. The number of ether oxygens (including phenoxy) is 1. The van der Waals surface area contributed by atoms with Gasteiger partial charge in [0.25, 0.3) is 5.56 Å². The Hall–Kier alpha value is -5.40. The molecule has 6 aromatic rings. The lowest BCUT2D eigenvalue weighted by Crippen LogP contribution is -2.24. The first-order chi connectivity index (χ1) is 22.7. The highest BCUT2D eigenvalue weighted by molar-refractivity contribution is 5.82. The Morgan fingerprint density at radius 3 is 2.40 bits per heavy atom. The van der Waals surface area contributed by atoms with E-state index in [9.17, 15) is 18.0 Å². The monoisotopic (exact) mass is 639 g/mol. The molecule has 0 spiro atoms. The number of fused-ring (bicyclic) bond motifs is 1. The van der Waals surface area contributed by atoms with Crippen molar-refractivity contribution in [1.82, 2.24) is 43.8 Å². The number of benzene rings is 1. The lowest BCUT2D eigenvalue weighted by molar-refractivity contribution is -0.140. The smallest absolute Gasteiger partial charge is 0.434 e. The van der Waals surface area contributed by atoms with Gasteiger partial charge in [-0.1, -0.05) is 24.3 Å². The van der Waals surface area contributed by atoms with Gasteiger partial charge < -0.3 is 9.30 Å². The lowest BCUT2D eigenvalue weighted by Gasteiger charge is -2.15. The molecule has 47 heavy (non-hydrogen) atoms. The van der Waals surface area contributed by atoms with Crippen molar-refractivity contribution in [2.45, 2.75) is 50.4 Å². The largest absolute Gasteiger partial charge is 0.480 e. The summed E-state index contributed by atoms with van der Waals surface area (Å²) in [5, 5.41) is 4.88. The van der Waals surface area contributed by atoms with Crippen molar-refractivity contribution in [2.24, 2.45) is 7.05 Å². The summed E-state index contributed by atoms with van der Waals surface area (Å²) in [6.45, 7) is 0.142. The predicted octanol–water partition coefficient (Wildman–Crippen LogP) is 5.80. The third-order valence-electron chi connectivity index (χ3n) is 8.58. The van der Waals surface area contributed by atoms with Crippen LogP contribution in [0, 0.1) is 0 Å². The van der Waals surface area contributed by atoms with Gasteiger partial charge in [-0.25, -0.2) is 24.9 Å². The van der Waals surface area contributed by atoms with E-state index in [1.165, 1.54) is 13.4 Å². The fourth-order valence-corrected chi connectivity index (χ4v) is 5.92. The molecular formula is C33H28F3N9O2. The van der Waals surface area contributed by atoms with Gasteiger partial charge in [0.05, 0.1) is 31.1 Å². The van der Waals surface area contributed by atoms with E-state index in [4.69, 9.17) is 9.72 Å². The average Bonchev–Trinajstić information content (AvgIpc) is 4.00. The van der Waals surface area contributed by atoms with E-state index in [1.807, 2.05) is 0 Å². The van der Waals surface area contributed by atoms with Crippen LogP contribution >= 0.6 is 0 Å². The summed E-state index contributed by atoms with van der Waals surface area (Å²) in [4.78, 5) is 36.5. The number of aryl methyl sites for hydroxylation is 1. The Morgan fingerprint density at radius 2 is 1.74 bits per heavy atom. The van der Waals surface area contributed by atoms with Gasteiger partial charge in [0, 0.05) is 54.1 Å². The number of halogens is 3. The van der Waals surface area contributed by atoms with Crippen molar-refractivity contribution in [3.8, 4) is 39.8 Å². The number of methoxy groups -OCH3 is 1. The SMILES string of the molecule is COc1ncnc(C2CC2)c1-c1ncc2cc(-c3cnn(C)c3)c(=O)n(Cc3ccc(-c4nc(C(F)(F)F)cn4C4CC4)cc3)c2n1. The van der Waals surface area contributed by atoms with Gasteiger partial charge in [-0.05, 0) is 37.3 Å².